The number of methoxy groups -OCH3 is 1. The zero-order valence-corrected chi connectivity index (χ0v) is 14.0. The zero-order chi connectivity index (χ0) is 18.0. The summed E-state index contributed by atoms with van der Waals surface area (Å²) < 4.78 is 21.1. The number of rotatable bonds is 4. The van der Waals surface area contributed by atoms with Crippen LogP contribution in [0.5, 0.6) is 5.75 Å². The van der Waals surface area contributed by atoms with E-state index in [2.05, 4.69) is 0 Å². The van der Waals surface area contributed by atoms with E-state index in [1.165, 1.54) is 40.8 Å². The normalized spacial score (nSPS) is 10.7. The Balaban J connectivity index is 1.95. The van der Waals surface area contributed by atoms with Gasteiger partial charge in [-0.15, -0.1) is 0 Å². The molecule has 3 aromatic rings. The Labute approximate surface area is 147 Å². The van der Waals surface area contributed by atoms with Crippen molar-refractivity contribution in [1.82, 2.24) is 9.13 Å². The molecular formula is C18H14ClFN2O3. The second kappa shape index (κ2) is 6.94. The molecule has 0 radical (unpaired) electrons. The molecule has 25 heavy (non-hydrogen) atoms. The average molecular weight is 361 g/mol. The molecule has 0 spiro atoms. The van der Waals surface area contributed by atoms with Gasteiger partial charge in [-0.25, -0.2) is 4.39 Å². The molecule has 0 saturated carbocycles. The highest BCUT2D eigenvalue weighted by atomic mass is 35.5. The Bertz CT molecular complexity index is 1030. The number of benzene rings is 2. The van der Waals surface area contributed by atoms with Crippen LogP contribution in [0.2, 0.25) is 5.02 Å². The number of hydrogen-bond acceptors (Lipinski definition) is 3. The van der Waals surface area contributed by atoms with Crippen molar-refractivity contribution in [3.8, 4) is 11.4 Å². The Hall–Kier alpha value is -2.86. The number of ether oxygens (including phenoxy) is 1. The lowest BCUT2D eigenvalue weighted by Crippen LogP contribution is -2.40. The molecule has 0 aliphatic carbocycles. The van der Waals surface area contributed by atoms with Crippen LogP contribution in [0.25, 0.3) is 5.69 Å². The molecule has 0 N–H and O–H groups in total. The number of halogens is 2. The van der Waals surface area contributed by atoms with Crippen molar-refractivity contribution >= 4 is 11.6 Å². The summed E-state index contributed by atoms with van der Waals surface area (Å²) in [4.78, 5) is 24.7. The third kappa shape index (κ3) is 3.49. The van der Waals surface area contributed by atoms with Crippen molar-refractivity contribution in [2.75, 3.05) is 7.11 Å². The average Bonchev–Trinajstić information content (AvgIpc) is 2.60. The van der Waals surface area contributed by atoms with E-state index in [0.29, 0.717) is 16.3 Å². The largest absolute Gasteiger partial charge is 0.494 e. The SMILES string of the molecule is COc1ccc(Cn2ccn(-c3ccc(Cl)cc3)c(=O)c2=O)cc1F. The number of aromatic nitrogens is 2. The summed E-state index contributed by atoms with van der Waals surface area (Å²) in [7, 11) is 1.37. The second-order valence-corrected chi connectivity index (χ2v) is 5.79. The molecule has 0 saturated heterocycles. The van der Waals surface area contributed by atoms with Crippen LogP contribution >= 0.6 is 11.6 Å². The van der Waals surface area contributed by atoms with Crippen molar-refractivity contribution in [3.63, 3.8) is 0 Å². The smallest absolute Gasteiger partial charge is 0.320 e. The van der Waals surface area contributed by atoms with Gasteiger partial charge in [-0.1, -0.05) is 17.7 Å². The summed E-state index contributed by atoms with van der Waals surface area (Å²) in [5, 5.41) is 0.534. The molecule has 1 heterocycles. The summed E-state index contributed by atoms with van der Waals surface area (Å²) in [6.07, 6.45) is 2.98. The minimum atomic E-state index is -0.700. The van der Waals surface area contributed by atoms with Crippen molar-refractivity contribution in [1.29, 1.82) is 0 Å². The van der Waals surface area contributed by atoms with Gasteiger partial charge >= 0.3 is 11.1 Å². The highest BCUT2D eigenvalue weighted by Gasteiger charge is 2.09. The molecule has 7 heteroatoms. The monoisotopic (exact) mass is 360 g/mol. The predicted molar refractivity (Wildman–Crippen MR) is 93.4 cm³/mol. The molecule has 0 aliphatic heterocycles. The Morgan fingerprint density at radius 2 is 1.76 bits per heavy atom. The minimum absolute atomic E-state index is 0.0798. The van der Waals surface area contributed by atoms with Crippen LogP contribution in [0.1, 0.15) is 5.56 Å². The molecule has 0 amide bonds. The predicted octanol–water partition coefficient (Wildman–Crippen LogP) is 2.85. The van der Waals surface area contributed by atoms with Crippen LogP contribution < -0.4 is 15.9 Å². The Morgan fingerprint density at radius 3 is 2.40 bits per heavy atom. The van der Waals surface area contributed by atoms with E-state index in [1.807, 2.05) is 0 Å². The molecule has 2 aromatic carbocycles. The molecule has 128 valence electrons. The second-order valence-electron chi connectivity index (χ2n) is 5.35. The van der Waals surface area contributed by atoms with Crippen LogP contribution in [-0.2, 0) is 6.54 Å². The van der Waals surface area contributed by atoms with E-state index in [4.69, 9.17) is 16.3 Å². The van der Waals surface area contributed by atoms with Crippen LogP contribution in [0.3, 0.4) is 0 Å². The van der Waals surface area contributed by atoms with Gasteiger partial charge in [-0.3, -0.25) is 14.2 Å². The summed E-state index contributed by atoms with van der Waals surface area (Å²) in [6.45, 7) is 0.0798. The van der Waals surface area contributed by atoms with E-state index in [9.17, 15) is 14.0 Å². The van der Waals surface area contributed by atoms with Gasteiger partial charge in [-0.05, 0) is 42.0 Å². The first kappa shape index (κ1) is 17.0. The molecule has 0 bridgehead atoms. The molecular weight excluding hydrogens is 347 g/mol. The topological polar surface area (TPSA) is 53.2 Å². The third-order valence-corrected chi connectivity index (χ3v) is 3.98. The Morgan fingerprint density at radius 1 is 1.04 bits per heavy atom. The quantitative estimate of drug-likeness (QED) is 0.672. The van der Waals surface area contributed by atoms with Crippen LogP contribution in [0.4, 0.5) is 4.39 Å². The van der Waals surface area contributed by atoms with Crippen molar-refractivity contribution in [2.24, 2.45) is 0 Å². The van der Waals surface area contributed by atoms with E-state index >= 15 is 0 Å². The Kier molecular flexibility index (Phi) is 4.72. The lowest BCUT2D eigenvalue weighted by molar-refractivity contribution is 0.386. The first-order chi connectivity index (χ1) is 12.0. The van der Waals surface area contributed by atoms with Gasteiger partial charge in [0.05, 0.1) is 13.7 Å². The first-order valence-electron chi connectivity index (χ1n) is 7.40. The minimum Gasteiger partial charge on any atom is -0.494 e. The van der Waals surface area contributed by atoms with E-state index in [1.54, 1.807) is 30.3 Å². The maximum absolute atomic E-state index is 13.8. The molecule has 5 nitrogen and oxygen atoms in total. The van der Waals surface area contributed by atoms with Crippen LogP contribution in [0, 0.1) is 5.82 Å². The lowest BCUT2D eigenvalue weighted by atomic mass is 10.2. The fourth-order valence-corrected chi connectivity index (χ4v) is 2.57. The van der Waals surface area contributed by atoms with Crippen LogP contribution in [-0.4, -0.2) is 16.2 Å². The molecule has 0 aliphatic rings. The fourth-order valence-electron chi connectivity index (χ4n) is 2.44. The van der Waals surface area contributed by atoms with Crippen LogP contribution in [0.15, 0.2) is 64.4 Å². The summed E-state index contributed by atoms with van der Waals surface area (Å²) in [5.41, 5.74) is -0.314. The van der Waals surface area contributed by atoms with Gasteiger partial charge in [-0.2, -0.15) is 0 Å². The third-order valence-electron chi connectivity index (χ3n) is 3.73. The summed E-state index contributed by atoms with van der Waals surface area (Å²) in [5.74, 6) is -0.406. The van der Waals surface area contributed by atoms with E-state index in [0.717, 1.165) is 0 Å². The van der Waals surface area contributed by atoms with Gasteiger partial charge in [0, 0.05) is 23.1 Å². The maximum Gasteiger partial charge on any atom is 0.320 e. The van der Waals surface area contributed by atoms with E-state index in [-0.39, 0.29) is 12.3 Å². The molecule has 1 aromatic heterocycles. The van der Waals surface area contributed by atoms with Crippen molar-refractivity contribution < 1.29 is 9.13 Å². The first-order valence-corrected chi connectivity index (χ1v) is 7.78. The highest BCUT2D eigenvalue weighted by molar-refractivity contribution is 6.30. The lowest BCUT2D eigenvalue weighted by Gasteiger charge is -2.10. The highest BCUT2D eigenvalue weighted by Crippen LogP contribution is 2.18. The van der Waals surface area contributed by atoms with E-state index < -0.39 is 16.9 Å². The standard InChI is InChI=1S/C18H14ClFN2O3/c1-25-16-7-2-12(10-15(16)20)11-21-8-9-22(18(24)17(21)23)14-5-3-13(19)4-6-14/h2-10H,11H2,1H3. The molecule has 0 unspecified atom stereocenters. The summed E-state index contributed by atoms with van der Waals surface area (Å²) in [6, 6.07) is 10.9. The molecule has 3 rings (SSSR count). The maximum atomic E-state index is 13.8. The van der Waals surface area contributed by atoms with Gasteiger partial charge in [0.25, 0.3) is 0 Å². The zero-order valence-electron chi connectivity index (χ0n) is 13.3. The van der Waals surface area contributed by atoms with Gasteiger partial charge < -0.3 is 9.30 Å². The van der Waals surface area contributed by atoms with Gasteiger partial charge in [0.1, 0.15) is 0 Å². The molecule has 0 atom stereocenters. The summed E-state index contributed by atoms with van der Waals surface area (Å²) >= 11 is 5.83. The molecule has 0 fully saturated rings. The number of nitrogens with zero attached hydrogens (tertiary/aromatic N) is 2. The van der Waals surface area contributed by atoms with Gasteiger partial charge in [0.15, 0.2) is 11.6 Å². The van der Waals surface area contributed by atoms with Gasteiger partial charge in [0.2, 0.25) is 0 Å². The fraction of sp³-hybridized carbons (Fsp3) is 0.111. The van der Waals surface area contributed by atoms with Crippen molar-refractivity contribution in [2.45, 2.75) is 6.54 Å². The van der Waals surface area contributed by atoms with Crippen molar-refractivity contribution in [3.05, 3.63) is 92.0 Å². The number of hydrogen-bond donors (Lipinski definition) is 0.